The Labute approximate surface area is 141 Å². The summed E-state index contributed by atoms with van der Waals surface area (Å²) in [5, 5.41) is 5.17. The highest BCUT2D eigenvalue weighted by molar-refractivity contribution is 7.93. The van der Waals surface area contributed by atoms with Crippen molar-refractivity contribution in [3.05, 3.63) is 27.1 Å². The molecule has 8 nitrogen and oxygen atoms in total. The fraction of sp³-hybridized carbons (Fsp3) is 0.333. The molecule has 126 valence electrons. The number of aromatic nitrogens is 1. The van der Waals surface area contributed by atoms with E-state index in [1.54, 1.807) is 6.92 Å². The Morgan fingerprint density at radius 1 is 1.48 bits per heavy atom. The van der Waals surface area contributed by atoms with Crippen LogP contribution in [-0.4, -0.2) is 40.5 Å². The molecule has 0 amide bonds. The largest absolute Gasteiger partial charge is 0.465 e. The second kappa shape index (κ2) is 6.87. The lowest BCUT2D eigenvalue weighted by molar-refractivity contribution is 0.0602. The van der Waals surface area contributed by atoms with E-state index in [1.165, 1.54) is 25.7 Å². The number of methoxy groups -OCH3 is 2. The predicted molar refractivity (Wildman–Crippen MR) is 83.4 cm³/mol. The van der Waals surface area contributed by atoms with Gasteiger partial charge in [0.1, 0.15) is 21.5 Å². The van der Waals surface area contributed by atoms with Gasteiger partial charge in [-0.25, -0.2) is 17.5 Å². The van der Waals surface area contributed by atoms with Gasteiger partial charge in [-0.3, -0.25) is 0 Å². The molecule has 0 aliphatic rings. The van der Waals surface area contributed by atoms with E-state index in [4.69, 9.17) is 20.9 Å². The molecule has 0 spiro atoms. The van der Waals surface area contributed by atoms with Crippen LogP contribution >= 0.6 is 22.9 Å². The Bertz CT molecular complexity index is 813. The van der Waals surface area contributed by atoms with Gasteiger partial charge in [-0.1, -0.05) is 16.8 Å². The number of aryl methyl sites for hydroxylation is 1. The third-order valence-corrected chi connectivity index (χ3v) is 6.04. The number of rotatable bonds is 6. The van der Waals surface area contributed by atoms with Crippen molar-refractivity contribution in [2.75, 3.05) is 25.3 Å². The second-order valence-electron chi connectivity index (χ2n) is 4.25. The van der Waals surface area contributed by atoms with E-state index < -0.39 is 16.0 Å². The van der Waals surface area contributed by atoms with Crippen LogP contribution in [-0.2, 0) is 19.5 Å². The SMILES string of the molecule is COCN(c1noc(C)c1Cl)S(=O)(=O)c1ccsc1C(=O)OC. The summed E-state index contributed by atoms with van der Waals surface area (Å²) in [6, 6.07) is 1.30. The minimum atomic E-state index is -4.16. The summed E-state index contributed by atoms with van der Waals surface area (Å²) in [6.45, 7) is 1.19. The number of nitrogens with zero attached hydrogens (tertiary/aromatic N) is 2. The van der Waals surface area contributed by atoms with Gasteiger partial charge in [0.15, 0.2) is 5.76 Å². The zero-order valence-corrected chi connectivity index (χ0v) is 14.8. The predicted octanol–water partition coefficient (Wildman–Crippen LogP) is 2.28. The first-order valence-corrected chi connectivity index (χ1v) is 8.83. The molecular weight excluding hydrogens is 368 g/mol. The number of hydrogen-bond donors (Lipinski definition) is 0. The number of carbonyl (C=O) groups is 1. The van der Waals surface area contributed by atoms with Crippen LogP contribution in [0.1, 0.15) is 15.4 Å². The fourth-order valence-corrected chi connectivity index (χ4v) is 4.59. The third-order valence-electron chi connectivity index (χ3n) is 2.82. The summed E-state index contributed by atoms with van der Waals surface area (Å²) >= 11 is 6.98. The summed E-state index contributed by atoms with van der Waals surface area (Å²) < 4.78 is 41.0. The van der Waals surface area contributed by atoms with Gasteiger partial charge in [0, 0.05) is 7.11 Å². The summed E-state index contributed by atoms with van der Waals surface area (Å²) in [7, 11) is -1.67. The van der Waals surface area contributed by atoms with Crippen LogP contribution < -0.4 is 4.31 Å². The quantitative estimate of drug-likeness (QED) is 0.559. The van der Waals surface area contributed by atoms with E-state index in [2.05, 4.69) is 9.89 Å². The van der Waals surface area contributed by atoms with Crippen molar-refractivity contribution >= 4 is 44.7 Å². The Balaban J connectivity index is 2.57. The van der Waals surface area contributed by atoms with Gasteiger partial charge in [0.2, 0.25) is 5.82 Å². The van der Waals surface area contributed by atoms with E-state index in [0.717, 1.165) is 15.6 Å². The van der Waals surface area contributed by atoms with Crippen LogP contribution in [0.15, 0.2) is 20.9 Å². The molecular formula is C12H13ClN2O6S2. The summed E-state index contributed by atoms with van der Waals surface area (Å²) in [6.07, 6.45) is 0. The van der Waals surface area contributed by atoms with Gasteiger partial charge >= 0.3 is 5.97 Å². The summed E-state index contributed by atoms with van der Waals surface area (Å²) in [5.41, 5.74) is 0. The molecule has 0 aliphatic heterocycles. The highest BCUT2D eigenvalue weighted by atomic mass is 35.5. The first-order chi connectivity index (χ1) is 10.8. The maximum absolute atomic E-state index is 12.9. The van der Waals surface area contributed by atoms with Gasteiger partial charge in [-0.05, 0) is 18.4 Å². The van der Waals surface area contributed by atoms with Crippen LogP contribution in [0.25, 0.3) is 0 Å². The van der Waals surface area contributed by atoms with Crippen molar-refractivity contribution in [2.45, 2.75) is 11.8 Å². The highest BCUT2D eigenvalue weighted by Gasteiger charge is 2.34. The average molecular weight is 381 g/mol. The molecule has 23 heavy (non-hydrogen) atoms. The van der Waals surface area contributed by atoms with Crippen molar-refractivity contribution in [3.8, 4) is 0 Å². The lowest BCUT2D eigenvalue weighted by Crippen LogP contribution is -2.34. The molecule has 0 unspecified atom stereocenters. The third kappa shape index (κ3) is 3.20. The molecule has 11 heteroatoms. The number of thiophene rings is 1. The summed E-state index contributed by atoms with van der Waals surface area (Å²) in [4.78, 5) is 11.5. The van der Waals surface area contributed by atoms with Gasteiger partial charge in [0.05, 0.1) is 7.11 Å². The Hall–Kier alpha value is -1.62. The van der Waals surface area contributed by atoms with Crippen LogP contribution in [0.2, 0.25) is 5.02 Å². The molecule has 0 atom stereocenters. The lowest BCUT2D eigenvalue weighted by Gasteiger charge is -2.20. The van der Waals surface area contributed by atoms with Crippen LogP contribution in [0.5, 0.6) is 0 Å². The number of anilines is 1. The molecule has 0 saturated carbocycles. The van der Waals surface area contributed by atoms with Crippen LogP contribution in [0.3, 0.4) is 0 Å². The van der Waals surface area contributed by atoms with Crippen LogP contribution in [0, 0.1) is 6.92 Å². The Morgan fingerprint density at radius 3 is 2.70 bits per heavy atom. The Morgan fingerprint density at radius 2 is 2.17 bits per heavy atom. The first-order valence-electron chi connectivity index (χ1n) is 6.13. The molecule has 2 aromatic rings. The van der Waals surface area contributed by atoms with E-state index in [0.29, 0.717) is 0 Å². The average Bonchev–Trinajstić information content (AvgIpc) is 3.13. The molecule has 2 rings (SSSR count). The highest BCUT2D eigenvalue weighted by Crippen LogP contribution is 2.34. The number of halogens is 1. The van der Waals surface area contributed by atoms with E-state index in [1.807, 2.05) is 0 Å². The van der Waals surface area contributed by atoms with E-state index in [9.17, 15) is 13.2 Å². The number of hydrogen-bond acceptors (Lipinski definition) is 8. The number of carbonyl (C=O) groups excluding carboxylic acids is 1. The van der Waals surface area contributed by atoms with E-state index >= 15 is 0 Å². The second-order valence-corrected chi connectivity index (χ2v) is 7.38. The topological polar surface area (TPSA) is 98.9 Å². The molecule has 0 aromatic carbocycles. The first kappa shape index (κ1) is 17.7. The molecule has 2 aromatic heterocycles. The summed E-state index contributed by atoms with van der Waals surface area (Å²) in [5.74, 6) is -0.608. The fourth-order valence-electron chi connectivity index (χ4n) is 1.73. The van der Waals surface area contributed by atoms with Crippen molar-refractivity contribution in [2.24, 2.45) is 0 Å². The van der Waals surface area contributed by atoms with Gasteiger partial charge in [-0.15, -0.1) is 11.3 Å². The monoisotopic (exact) mass is 380 g/mol. The van der Waals surface area contributed by atoms with Crippen molar-refractivity contribution in [3.63, 3.8) is 0 Å². The van der Waals surface area contributed by atoms with Gasteiger partial charge in [0.25, 0.3) is 10.0 Å². The smallest absolute Gasteiger partial charge is 0.349 e. The number of sulfonamides is 1. The minimum Gasteiger partial charge on any atom is -0.465 e. The number of esters is 1. The van der Waals surface area contributed by atoms with Crippen molar-refractivity contribution < 1.29 is 27.2 Å². The minimum absolute atomic E-state index is 0.0421. The molecule has 2 heterocycles. The molecule has 0 saturated heterocycles. The zero-order chi connectivity index (χ0) is 17.2. The molecule has 0 aliphatic carbocycles. The van der Waals surface area contributed by atoms with Crippen molar-refractivity contribution in [1.29, 1.82) is 0 Å². The van der Waals surface area contributed by atoms with Gasteiger partial charge in [-0.2, -0.15) is 0 Å². The molecule has 0 N–H and O–H groups in total. The molecule has 0 bridgehead atoms. The standard InChI is InChI=1S/C12H13ClN2O6S2/c1-7-9(13)11(14-21-7)15(6-19-2)23(17,18)8-4-5-22-10(8)12(16)20-3/h4-5H,6H2,1-3H3. The van der Waals surface area contributed by atoms with E-state index in [-0.39, 0.29) is 33.1 Å². The lowest BCUT2D eigenvalue weighted by atomic mass is 10.5. The maximum atomic E-state index is 12.9. The van der Waals surface area contributed by atoms with Crippen molar-refractivity contribution in [1.82, 2.24) is 5.16 Å². The number of ether oxygens (including phenoxy) is 2. The Kier molecular flexibility index (Phi) is 5.30. The normalized spacial score (nSPS) is 11.5. The van der Waals surface area contributed by atoms with Crippen LogP contribution in [0.4, 0.5) is 5.82 Å². The maximum Gasteiger partial charge on any atom is 0.349 e. The molecule has 0 fully saturated rings. The van der Waals surface area contributed by atoms with Gasteiger partial charge < -0.3 is 14.0 Å². The zero-order valence-electron chi connectivity index (χ0n) is 12.4. The molecule has 0 radical (unpaired) electrons.